The summed E-state index contributed by atoms with van der Waals surface area (Å²) >= 11 is 0. The molecule has 0 saturated heterocycles. The fourth-order valence-electron chi connectivity index (χ4n) is 2.59. The third-order valence-electron chi connectivity index (χ3n) is 3.23. The zero-order chi connectivity index (χ0) is 8.06. The smallest absolute Gasteiger partial charge is 0.321 e. The van der Waals surface area contributed by atoms with Crippen LogP contribution in [-0.2, 0) is 4.79 Å². The first-order valence-electron chi connectivity index (χ1n) is 4.08. The van der Waals surface area contributed by atoms with Gasteiger partial charge in [0, 0.05) is 0 Å². The Morgan fingerprint density at radius 3 is 2.27 bits per heavy atom. The number of hydrogen-bond acceptors (Lipinski definition) is 2. The van der Waals surface area contributed by atoms with Crippen LogP contribution in [0, 0.1) is 11.3 Å². The molecule has 0 aromatic carbocycles. The highest BCUT2D eigenvalue weighted by Gasteiger charge is 2.62. The van der Waals surface area contributed by atoms with Crippen molar-refractivity contribution in [3.63, 3.8) is 0 Å². The van der Waals surface area contributed by atoms with Gasteiger partial charge in [-0.2, -0.15) is 0 Å². The van der Waals surface area contributed by atoms with Crippen molar-refractivity contribution in [1.29, 1.82) is 0 Å². The molecule has 11 heavy (non-hydrogen) atoms. The van der Waals surface area contributed by atoms with Crippen LogP contribution in [0.5, 0.6) is 0 Å². The lowest BCUT2D eigenvalue weighted by molar-refractivity contribution is -0.169. The normalized spacial score (nSPS) is 42.1. The Balaban J connectivity index is 2.05. The lowest BCUT2D eigenvalue weighted by Gasteiger charge is -2.64. The zero-order valence-corrected chi connectivity index (χ0v) is 6.63. The van der Waals surface area contributed by atoms with Crippen molar-refractivity contribution >= 4 is 5.97 Å². The quantitative estimate of drug-likeness (QED) is 0.622. The Morgan fingerprint density at radius 1 is 1.64 bits per heavy atom. The molecule has 1 atom stereocenters. The molecular weight excluding hydrogens is 142 g/mol. The lowest BCUT2D eigenvalue weighted by atomic mass is 9.42. The molecule has 3 rings (SSSR count). The van der Waals surface area contributed by atoms with Gasteiger partial charge in [-0.1, -0.05) is 0 Å². The van der Waals surface area contributed by atoms with Gasteiger partial charge in [0.05, 0.1) is 0 Å². The molecule has 0 radical (unpaired) electrons. The van der Waals surface area contributed by atoms with Crippen molar-refractivity contribution in [3.8, 4) is 0 Å². The van der Waals surface area contributed by atoms with Gasteiger partial charge in [-0.25, -0.2) is 0 Å². The van der Waals surface area contributed by atoms with Crippen LogP contribution in [0.1, 0.15) is 19.3 Å². The molecule has 1 unspecified atom stereocenters. The minimum Gasteiger partial charge on any atom is -0.480 e. The fraction of sp³-hybridized carbons (Fsp3) is 0.875. The number of hydrogen-bond donors (Lipinski definition) is 2. The summed E-state index contributed by atoms with van der Waals surface area (Å²) in [5.74, 6) is 0.163. The summed E-state index contributed by atoms with van der Waals surface area (Å²) in [7, 11) is 1.74. The molecule has 3 aliphatic rings. The Morgan fingerprint density at radius 2 is 2.18 bits per heavy atom. The Labute approximate surface area is 65.8 Å². The zero-order valence-electron chi connectivity index (χ0n) is 6.63. The van der Waals surface area contributed by atoms with Crippen molar-refractivity contribution < 1.29 is 9.90 Å². The lowest BCUT2D eigenvalue weighted by Crippen LogP contribution is -2.64. The number of carboxylic acids is 1. The number of nitrogens with one attached hydrogen (secondary N) is 1. The average molecular weight is 155 g/mol. The van der Waals surface area contributed by atoms with E-state index >= 15 is 0 Å². The minimum absolute atomic E-state index is 0.144. The molecule has 0 aliphatic heterocycles. The van der Waals surface area contributed by atoms with Crippen molar-refractivity contribution in [3.05, 3.63) is 0 Å². The first-order chi connectivity index (χ1) is 5.18. The molecule has 62 valence electrons. The highest BCUT2D eigenvalue weighted by atomic mass is 16.4. The van der Waals surface area contributed by atoms with Crippen molar-refractivity contribution in [2.24, 2.45) is 11.3 Å². The summed E-state index contributed by atoms with van der Waals surface area (Å²) in [5, 5.41) is 11.7. The standard InChI is InChI=1S/C8H13NO2/c1-9-6(7(10)11)8-2-5(3-8)4-8/h5-6,9H,2-4H2,1H3,(H,10,11). The molecule has 2 bridgehead atoms. The SMILES string of the molecule is CNC(C(=O)O)C12CC(C1)C2. The van der Waals surface area contributed by atoms with E-state index in [1.54, 1.807) is 7.05 Å². The summed E-state index contributed by atoms with van der Waals surface area (Å²) in [6, 6.07) is -0.299. The molecule has 3 aliphatic carbocycles. The summed E-state index contributed by atoms with van der Waals surface area (Å²) in [4.78, 5) is 10.7. The number of aliphatic carboxylic acids is 1. The molecule has 0 amide bonds. The molecule has 2 N–H and O–H groups in total. The molecule has 0 aromatic rings. The van der Waals surface area contributed by atoms with E-state index in [2.05, 4.69) is 5.32 Å². The van der Waals surface area contributed by atoms with Crippen LogP contribution in [0.25, 0.3) is 0 Å². The van der Waals surface area contributed by atoms with E-state index in [4.69, 9.17) is 5.11 Å². The van der Waals surface area contributed by atoms with Gasteiger partial charge >= 0.3 is 5.97 Å². The molecule has 0 heterocycles. The van der Waals surface area contributed by atoms with Crippen LogP contribution in [0.15, 0.2) is 0 Å². The minimum atomic E-state index is -0.689. The number of rotatable bonds is 3. The second kappa shape index (κ2) is 1.97. The number of carbonyl (C=O) groups is 1. The maximum Gasteiger partial charge on any atom is 0.321 e. The van der Waals surface area contributed by atoms with Gasteiger partial charge in [-0.3, -0.25) is 4.79 Å². The summed E-state index contributed by atoms with van der Waals surface area (Å²) < 4.78 is 0. The first-order valence-corrected chi connectivity index (χ1v) is 4.08. The molecule has 3 nitrogen and oxygen atoms in total. The number of likely N-dealkylation sites (N-methyl/N-ethyl adjacent to an activating group) is 1. The average Bonchev–Trinajstić information content (AvgIpc) is 1.73. The van der Waals surface area contributed by atoms with Crippen LogP contribution < -0.4 is 5.32 Å². The second-order valence-electron chi connectivity index (χ2n) is 3.90. The third-order valence-corrected chi connectivity index (χ3v) is 3.23. The van der Waals surface area contributed by atoms with Crippen LogP contribution in [-0.4, -0.2) is 24.2 Å². The van der Waals surface area contributed by atoms with Gasteiger partial charge in [0.25, 0.3) is 0 Å². The third kappa shape index (κ3) is 0.745. The van der Waals surface area contributed by atoms with Crippen molar-refractivity contribution in [2.45, 2.75) is 25.3 Å². The first kappa shape index (κ1) is 7.10. The van der Waals surface area contributed by atoms with Crippen LogP contribution >= 0.6 is 0 Å². The van der Waals surface area contributed by atoms with Crippen LogP contribution in [0.2, 0.25) is 0 Å². The highest BCUT2D eigenvalue weighted by molar-refractivity contribution is 5.75. The van der Waals surface area contributed by atoms with E-state index in [1.807, 2.05) is 0 Å². The van der Waals surface area contributed by atoms with E-state index in [-0.39, 0.29) is 11.5 Å². The van der Waals surface area contributed by atoms with Gasteiger partial charge < -0.3 is 10.4 Å². The largest absolute Gasteiger partial charge is 0.480 e. The second-order valence-corrected chi connectivity index (χ2v) is 3.90. The van der Waals surface area contributed by atoms with E-state index in [1.165, 1.54) is 0 Å². The Hall–Kier alpha value is -0.570. The van der Waals surface area contributed by atoms with E-state index in [9.17, 15) is 4.79 Å². The monoisotopic (exact) mass is 155 g/mol. The van der Waals surface area contributed by atoms with Gasteiger partial charge in [0.2, 0.25) is 0 Å². The van der Waals surface area contributed by atoms with Gasteiger partial charge in [-0.15, -0.1) is 0 Å². The van der Waals surface area contributed by atoms with Gasteiger partial charge in [0.1, 0.15) is 6.04 Å². The van der Waals surface area contributed by atoms with Crippen molar-refractivity contribution in [1.82, 2.24) is 5.32 Å². The summed E-state index contributed by atoms with van der Waals surface area (Å²) in [5.41, 5.74) is 0.144. The van der Waals surface area contributed by atoms with Gasteiger partial charge in [-0.05, 0) is 37.6 Å². The summed E-state index contributed by atoms with van der Waals surface area (Å²) in [6.45, 7) is 0. The van der Waals surface area contributed by atoms with E-state index in [0.717, 1.165) is 25.2 Å². The molecule has 3 fully saturated rings. The molecular formula is C8H13NO2. The maximum absolute atomic E-state index is 10.7. The summed E-state index contributed by atoms with van der Waals surface area (Å²) in [6.07, 6.45) is 3.39. The Bertz CT molecular complexity index is 185. The molecule has 3 heteroatoms. The van der Waals surface area contributed by atoms with E-state index in [0.29, 0.717) is 0 Å². The van der Waals surface area contributed by atoms with E-state index < -0.39 is 5.97 Å². The highest BCUT2D eigenvalue weighted by Crippen LogP contribution is 2.66. The molecule has 3 saturated carbocycles. The maximum atomic E-state index is 10.7. The topological polar surface area (TPSA) is 49.3 Å². The Kier molecular flexibility index (Phi) is 1.27. The fourth-order valence-corrected chi connectivity index (χ4v) is 2.59. The predicted octanol–water partition coefficient (Wildman–Crippen LogP) is 0.459. The number of carboxylic acid groups (broad SMARTS) is 1. The van der Waals surface area contributed by atoms with Crippen LogP contribution in [0.3, 0.4) is 0 Å². The molecule has 0 aromatic heterocycles. The van der Waals surface area contributed by atoms with Crippen molar-refractivity contribution in [2.75, 3.05) is 7.05 Å². The predicted molar refractivity (Wildman–Crippen MR) is 40.3 cm³/mol. The van der Waals surface area contributed by atoms with Crippen LogP contribution in [0.4, 0.5) is 0 Å². The van der Waals surface area contributed by atoms with Gasteiger partial charge in [0.15, 0.2) is 0 Å². The molecule has 0 spiro atoms.